The van der Waals surface area contributed by atoms with Crippen LogP contribution in [-0.2, 0) is 4.74 Å². The van der Waals surface area contributed by atoms with E-state index in [1.807, 2.05) is 0 Å². The maximum atomic E-state index is 10.0. The lowest BCUT2D eigenvalue weighted by atomic mass is 10.1. The van der Waals surface area contributed by atoms with Crippen molar-refractivity contribution in [3.05, 3.63) is 37.1 Å². The van der Waals surface area contributed by atoms with E-state index in [1.165, 1.54) is 12.7 Å². The molecular formula is C11H11N5O2. The van der Waals surface area contributed by atoms with Gasteiger partial charge in [0.25, 0.3) is 0 Å². The zero-order chi connectivity index (χ0) is 12.9. The summed E-state index contributed by atoms with van der Waals surface area (Å²) in [5.41, 5.74) is 7.10. The van der Waals surface area contributed by atoms with Crippen LogP contribution >= 0.6 is 0 Å². The smallest absolute Gasteiger partial charge is 0.208 e. The van der Waals surface area contributed by atoms with Gasteiger partial charge in [-0.15, -0.1) is 0 Å². The highest BCUT2D eigenvalue weighted by molar-refractivity contribution is 5.81. The maximum absolute atomic E-state index is 10.0. The molecule has 2 aromatic rings. The Balaban J connectivity index is 2.14. The maximum Gasteiger partial charge on any atom is 0.208 e. The molecule has 0 unspecified atom stereocenters. The highest BCUT2D eigenvalue weighted by Crippen LogP contribution is 2.35. The van der Waals surface area contributed by atoms with E-state index in [1.54, 1.807) is 4.57 Å². The molecule has 0 aliphatic carbocycles. The number of ether oxygens (including phenoxy) is 1. The predicted octanol–water partition coefficient (Wildman–Crippen LogP) is 0.368. The van der Waals surface area contributed by atoms with E-state index in [2.05, 4.69) is 28.1 Å². The van der Waals surface area contributed by atoms with Crippen LogP contribution < -0.4 is 5.73 Å². The van der Waals surface area contributed by atoms with E-state index in [-0.39, 0.29) is 5.82 Å². The Kier molecular flexibility index (Phi) is 2.11. The highest BCUT2D eigenvalue weighted by atomic mass is 16.5. The lowest BCUT2D eigenvalue weighted by molar-refractivity contribution is 0.0163. The second kappa shape index (κ2) is 3.54. The first-order valence-corrected chi connectivity index (χ1v) is 5.25. The molecule has 7 nitrogen and oxygen atoms in total. The molecule has 3 rings (SSSR count). The summed E-state index contributed by atoms with van der Waals surface area (Å²) in [5, 5.41) is 10.0. The van der Waals surface area contributed by atoms with E-state index in [0.717, 1.165) is 0 Å². The van der Waals surface area contributed by atoms with E-state index in [9.17, 15) is 5.11 Å². The Hall–Kier alpha value is -2.41. The van der Waals surface area contributed by atoms with E-state index >= 15 is 0 Å². The Morgan fingerprint density at radius 1 is 1.33 bits per heavy atom. The van der Waals surface area contributed by atoms with E-state index in [4.69, 9.17) is 10.5 Å². The lowest BCUT2D eigenvalue weighted by Crippen LogP contribution is -2.20. The normalized spacial score (nSPS) is 23.6. The Labute approximate surface area is 102 Å². The molecular weight excluding hydrogens is 234 g/mol. The average molecular weight is 245 g/mol. The molecule has 7 heteroatoms. The van der Waals surface area contributed by atoms with E-state index < -0.39 is 12.3 Å². The van der Waals surface area contributed by atoms with Gasteiger partial charge in [-0.1, -0.05) is 13.2 Å². The number of nitrogens with zero attached hydrogens (tertiary/aromatic N) is 4. The van der Waals surface area contributed by atoms with Crippen molar-refractivity contribution in [1.82, 2.24) is 19.5 Å². The third-order valence-corrected chi connectivity index (χ3v) is 2.91. The van der Waals surface area contributed by atoms with Crippen molar-refractivity contribution in [3.63, 3.8) is 0 Å². The summed E-state index contributed by atoms with van der Waals surface area (Å²) in [5.74, 6) is 0.639. The summed E-state index contributed by atoms with van der Waals surface area (Å²) in [6, 6.07) is 0. The zero-order valence-electron chi connectivity index (χ0n) is 9.45. The molecule has 1 aliphatic heterocycles. The van der Waals surface area contributed by atoms with Crippen LogP contribution in [-0.4, -0.2) is 30.7 Å². The molecule has 0 amide bonds. The van der Waals surface area contributed by atoms with Crippen molar-refractivity contribution in [2.75, 3.05) is 5.73 Å². The van der Waals surface area contributed by atoms with Crippen LogP contribution in [0.4, 0.5) is 5.82 Å². The molecule has 18 heavy (non-hydrogen) atoms. The Morgan fingerprint density at radius 2 is 2.11 bits per heavy atom. The highest BCUT2D eigenvalue weighted by Gasteiger charge is 2.35. The molecule has 0 bridgehead atoms. The van der Waals surface area contributed by atoms with Gasteiger partial charge in [0.15, 0.2) is 11.5 Å². The minimum absolute atomic E-state index is 0.281. The summed E-state index contributed by atoms with van der Waals surface area (Å²) < 4.78 is 7.04. The van der Waals surface area contributed by atoms with Crippen LogP contribution in [0.3, 0.4) is 0 Å². The number of nitrogens with two attached hydrogens (primary N) is 1. The standard InChI is InChI=1S/C11H11N5O2/c1-5-6(2)18-11(8(5)17)16-4-15-7-9(12)13-3-14-10(7)16/h3-4,8,11,17H,1-2H2,(H2,12,13,14)/t8-,11-/m1/s1. The van der Waals surface area contributed by atoms with Crippen LogP contribution in [0.25, 0.3) is 11.2 Å². The fraction of sp³-hybridized carbons (Fsp3) is 0.182. The van der Waals surface area contributed by atoms with Crippen molar-refractivity contribution in [3.8, 4) is 0 Å². The van der Waals surface area contributed by atoms with Gasteiger partial charge in [0, 0.05) is 5.57 Å². The van der Waals surface area contributed by atoms with Crippen molar-refractivity contribution in [2.45, 2.75) is 12.3 Å². The van der Waals surface area contributed by atoms with Gasteiger partial charge < -0.3 is 15.6 Å². The number of hydrogen-bond acceptors (Lipinski definition) is 6. The van der Waals surface area contributed by atoms with Gasteiger partial charge in [-0.25, -0.2) is 15.0 Å². The third-order valence-electron chi connectivity index (χ3n) is 2.91. The van der Waals surface area contributed by atoms with Crippen molar-refractivity contribution >= 4 is 17.0 Å². The lowest BCUT2D eigenvalue weighted by Gasteiger charge is -2.15. The van der Waals surface area contributed by atoms with Gasteiger partial charge in [0.1, 0.15) is 30.0 Å². The van der Waals surface area contributed by atoms with Gasteiger partial charge in [-0.05, 0) is 0 Å². The number of imidazole rings is 1. The molecule has 1 fully saturated rings. The first kappa shape index (κ1) is 10.7. The minimum Gasteiger partial charge on any atom is -0.467 e. The summed E-state index contributed by atoms with van der Waals surface area (Å²) in [6.07, 6.45) is 1.27. The van der Waals surface area contributed by atoms with Gasteiger partial charge in [-0.3, -0.25) is 4.57 Å². The molecule has 2 atom stereocenters. The number of aliphatic hydroxyl groups excluding tert-OH is 1. The van der Waals surface area contributed by atoms with Crippen LogP contribution in [0.15, 0.2) is 37.1 Å². The number of nitrogen functional groups attached to an aromatic ring is 1. The monoisotopic (exact) mass is 245 g/mol. The largest absolute Gasteiger partial charge is 0.467 e. The number of aliphatic hydroxyl groups is 1. The summed E-state index contributed by atoms with van der Waals surface area (Å²) in [7, 11) is 0. The number of aromatic nitrogens is 4. The summed E-state index contributed by atoms with van der Waals surface area (Å²) >= 11 is 0. The molecule has 1 aliphatic rings. The number of fused-ring (bicyclic) bond motifs is 1. The molecule has 2 aromatic heterocycles. The number of anilines is 1. The first-order chi connectivity index (χ1) is 8.59. The van der Waals surface area contributed by atoms with Crippen molar-refractivity contribution in [2.24, 2.45) is 0 Å². The van der Waals surface area contributed by atoms with Crippen molar-refractivity contribution < 1.29 is 9.84 Å². The number of rotatable bonds is 1. The Morgan fingerprint density at radius 3 is 2.78 bits per heavy atom. The zero-order valence-corrected chi connectivity index (χ0v) is 9.45. The predicted molar refractivity (Wildman–Crippen MR) is 64.1 cm³/mol. The fourth-order valence-corrected chi connectivity index (χ4v) is 1.89. The molecule has 3 heterocycles. The van der Waals surface area contributed by atoms with Crippen molar-refractivity contribution in [1.29, 1.82) is 0 Å². The Bertz CT molecular complexity index is 662. The summed E-state index contributed by atoms with van der Waals surface area (Å²) in [4.78, 5) is 12.0. The van der Waals surface area contributed by atoms with Crippen LogP contribution in [0.2, 0.25) is 0 Å². The SMILES string of the molecule is C=C1O[C@@H](n2cnc3c(N)ncnc32)[C@H](O)C1=C. The number of hydrogen-bond donors (Lipinski definition) is 2. The first-order valence-electron chi connectivity index (χ1n) is 5.25. The summed E-state index contributed by atoms with van der Waals surface area (Å²) in [6.45, 7) is 7.38. The second-order valence-corrected chi connectivity index (χ2v) is 3.98. The third kappa shape index (κ3) is 1.31. The molecule has 0 radical (unpaired) electrons. The quantitative estimate of drug-likeness (QED) is 0.753. The van der Waals surface area contributed by atoms with Crippen LogP contribution in [0.5, 0.6) is 0 Å². The van der Waals surface area contributed by atoms with Crippen LogP contribution in [0, 0.1) is 0 Å². The van der Waals surface area contributed by atoms with Gasteiger partial charge in [0.05, 0.1) is 0 Å². The van der Waals surface area contributed by atoms with Gasteiger partial charge >= 0.3 is 0 Å². The van der Waals surface area contributed by atoms with E-state index in [0.29, 0.717) is 22.5 Å². The van der Waals surface area contributed by atoms with Gasteiger partial charge in [-0.2, -0.15) is 0 Å². The molecule has 3 N–H and O–H groups in total. The average Bonchev–Trinajstić information content (AvgIpc) is 2.88. The second-order valence-electron chi connectivity index (χ2n) is 3.98. The fourth-order valence-electron chi connectivity index (χ4n) is 1.89. The topological polar surface area (TPSA) is 99.1 Å². The molecule has 92 valence electrons. The van der Waals surface area contributed by atoms with Crippen LogP contribution in [0.1, 0.15) is 6.23 Å². The molecule has 0 aromatic carbocycles. The minimum atomic E-state index is -0.883. The molecule has 0 saturated carbocycles. The van der Waals surface area contributed by atoms with Gasteiger partial charge in [0.2, 0.25) is 6.23 Å². The molecule has 0 spiro atoms. The molecule has 1 saturated heterocycles.